The molecule has 0 unspecified atom stereocenters. The van der Waals surface area contributed by atoms with Crippen LogP contribution in [0.4, 0.5) is 0 Å². The fraction of sp³-hybridized carbons (Fsp3) is 0.543. The van der Waals surface area contributed by atoms with Crippen molar-refractivity contribution in [1.82, 2.24) is 0 Å². The molecular weight excluding hydrogens is 740 g/mol. The number of rotatable bonds is 11. The third-order valence-corrected chi connectivity index (χ3v) is 9.35. The van der Waals surface area contributed by atoms with Gasteiger partial charge in [-0.3, -0.25) is 9.59 Å². The number of hydrogen-bond donors (Lipinski definition) is 9. The van der Waals surface area contributed by atoms with Gasteiger partial charge < -0.3 is 88.3 Å². The molecule has 0 aliphatic carbocycles. The number of methoxy groups -OCH3 is 1. The zero-order chi connectivity index (χ0) is 39.7. The lowest BCUT2D eigenvalue weighted by Gasteiger charge is -2.46. The summed E-state index contributed by atoms with van der Waals surface area (Å²) in [5.41, 5.74) is -0.247. The Morgan fingerprint density at radius 1 is 0.800 bits per heavy atom. The summed E-state index contributed by atoms with van der Waals surface area (Å²) in [6.45, 7) is -0.836. The molecule has 20 nitrogen and oxygen atoms in total. The summed E-state index contributed by atoms with van der Waals surface area (Å²) in [6.07, 6.45) is -23.8. The molecule has 3 saturated heterocycles. The van der Waals surface area contributed by atoms with Gasteiger partial charge in [-0.15, -0.1) is 0 Å². The Bertz CT molecular complexity index is 1830. The van der Waals surface area contributed by atoms with E-state index in [-0.39, 0.29) is 22.5 Å². The van der Waals surface area contributed by atoms with E-state index >= 15 is 0 Å². The van der Waals surface area contributed by atoms with Crippen molar-refractivity contribution in [2.45, 2.75) is 92.9 Å². The number of carbonyl (C=O) groups is 1. The third-order valence-electron chi connectivity index (χ3n) is 9.35. The minimum Gasteiger partial charge on any atom is -0.507 e. The van der Waals surface area contributed by atoms with Crippen molar-refractivity contribution in [2.75, 3.05) is 26.9 Å². The van der Waals surface area contributed by atoms with Crippen LogP contribution in [0, 0.1) is 0 Å². The molecule has 20 heteroatoms. The summed E-state index contributed by atoms with van der Waals surface area (Å²) in [7, 11) is 1.49. The summed E-state index contributed by atoms with van der Waals surface area (Å²) < 4.78 is 50.6. The molecule has 302 valence electrons. The first-order chi connectivity index (χ1) is 26.2. The standard InChI is InChI=1S/C35H42O20/c1-13(37)50-31-28(44)26(42)22(10-36)53-35(31)55-32-29(45)27(43)23(12-49-33-30(46)25(41)19(40)11-48-33)54-34(32)51-16-7-17(38)24-18(39)9-20(52-21(24)8-16)14-3-5-15(47-2)6-4-14/h3-9,19,22-23,25-36,38,40-46H,10-12H2,1-2H3/t19-,22+,23+,25+,26+,27+,28-,29-,30+,31+,32+,33-,34+,35-/m0/s1. The monoisotopic (exact) mass is 782 g/mol. The van der Waals surface area contributed by atoms with Crippen molar-refractivity contribution in [3.05, 3.63) is 52.7 Å². The maximum atomic E-state index is 13.1. The maximum absolute atomic E-state index is 13.1. The second-order valence-corrected chi connectivity index (χ2v) is 13.1. The van der Waals surface area contributed by atoms with Gasteiger partial charge in [0.2, 0.25) is 6.29 Å². The van der Waals surface area contributed by atoms with Gasteiger partial charge in [0, 0.05) is 30.7 Å². The number of phenolic OH excluding ortho intramolecular Hbond substituents is 1. The van der Waals surface area contributed by atoms with Crippen LogP contribution in [0.2, 0.25) is 0 Å². The van der Waals surface area contributed by atoms with Crippen LogP contribution in [-0.4, -0.2) is 165 Å². The third kappa shape index (κ3) is 8.56. The summed E-state index contributed by atoms with van der Waals surface area (Å²) in [6, 6.07) is 10.0. The molecule has 3 aromatic rings. The van der Waals surface area contributed by atoms with Crippen molar-refractivity contribution in [3.63, 3.8) is 0 Å². The second-order valence-electron chi connectivity index (χ2n) is 13.1. The van der Waals surface area contributed by atoms with Gasteiger partial charge >= 0.3 is 5.97 Å². The van der Waals surface area contributed by atoms with E-state index in [1.807, 2.05) is 0 Å². The lowest BCUT2D eigenvalue weighted by molar-refractivity contribution is -0.362. The summed E-state index contributed by atoms with van der Waals surface area (Å²) >= 11 is 0. The number of fused-ring (bicyclic) bond motifs is 1. The molecule has 3 aliphatic heterocycles. The zero-order valence-corrected chi connectivity index (χ0v) is 29.3. The quantitative estimate of drug-likeness (QED) is 0.0888. The Hall–Kier alpha value is -4.00. The molecule has 0 saturated carbocycles. The van der Waals surface area contributed by atoms with E-state index in [0.29, 0.717) is 11.3 Å². The van der Waals surface area contributed by atoms with Crippen LogP contribution in [0.25, 0.3) is 22.3 Å². The SMILES string of the molecule is COc1ccc(-c2cc(=O)c3c(O)cc(O[C@@H]4O[C@H](CO[C@@H]5OC[C@H](O)[C@@H](O)[C@H]5O)[C@@H](O)[C@H](O)[C@H]4O[C@@H]4O[C@H](CO)[C@@H](O)[C@H](O)[C@H]4OC(C)=O)cc3o2)cc1. The average molecular weight is 783 g/mol. The van der Waals surface area contributed by atoms with Gasteiger partial charge in [-0.2, -0.15) is 0 Å². The summed E-state index contributed by atoms with van der Waals surface area (Å²) in [4.78, 5) is 25.1. The minimum atomic E-state index is -1.97. The predicted octanol–water partition coefficient (Wildman–Crippen LogP) is -2.79. The number of ether oxygens (including phenoxy) is 8. The van der Waals surface area contributed by atoms with Gasteiger partial charge in [-0.05, 0) is 24.3 Å². The van der Waals surface area contributed by atoms with Crippen LogP contribution in [0.15, 0.2) is 51.7 Å². The lowest BCUT2D eigenvalue weighted by Crippen LogP contribution is -2.66. The highest BCUT2D eigenvalue weighted by molar-refractivity contribution is 5.86. The van der Waals surface area contributed by atoms with Crippen molar-refractivity contribution in [2.24, 2.45) is 0 Å². The molecule has 0 bridgehead atoms. The molecule has 55 heavy (non-hydrogen) atoms. The smallest absolute Gasteiger partial charge is 0.303 e. The van der Waals surface area contributed by atoms with E-state index in [4.69, 9.17) is 42.3 Å². The number of benzene rings is 2. The van der Waals surface area contributed by atoms with E-state index in [0.717, 1.165) is 13.0 Å². The first-order valence-electron chi connectivity index (χ1n) is 17.1. The molecule has 4 heterocycles. The maximum Gasteiger partial charge on any atom is 0.303 e. The van der Waals surface area contributed by atoms with Gasteiger partial charge in [0.05, 0.1) is 26.9 Å². The van der Waals surface area contributed by atoms with Crippen molar-refractivity contribution >= 4 is 16.9 Å². The zero-order valence-electron chi connectivity index (χ0n) is 29.3. The number of aromatic hydroxyl groups is 1. The summed E-state index contributed by atoms with van der Waals surface area (Å²) in [5.74, 6) is -1.05. The number of aliphatic hydroxyl groups is 8. The van der Waals surface area contributed by atoms with E-state index < -0.39 is 123 Å². The molecule has 14 atom stereocenters. The Kier molecular flexibility index (Phi) is 12.6. The molecule has 0 amide bonds. The van der Waals surface area contributed by atoms with Crippen LogP contribution >= 0.6 is 0 Å². The van der Waals surface area contributed by atoms with Gasteiger partial charge in [0.25, 0.3) is 0 Å². The topological polar surface area (TPSA) is 303 Å². The molecule has 1 aromatic heterocycles. The largest absolute Gasteiger partial charge is 0.507 e. The van der Waals surface area contributed by atoms with Crippen LogP contribution < -0.4 is 14.9 Å². The van der Waals surface area contributed by atoms with Crippen LogP contribution in [0.5, 0.6) is 17.2 Å². The number of aliphatic hydroxyl groups excluding tert-OH is 8. The van der Waals surface area contributed by atoms with Gasteiger partial charge in [-0.25, -0.2) is 0 Å². The Morgan fingerprint density at radius 2 is 1.47 bits per heavy atom. The highest BCUT2D eigenvalue weighted by Gasteiger charge is 2.53. The Labute approximate surface area is 311 Å². The second kappa shape index (κ2) is 17.0. The highest BCUT2D eigenvalue weighted by Crippen LogP contribution is 2.36. The van der Waals surface area contributed by atoms with Crippen LogP contribution in [-0.2, 0) is 33.2 Å². The molecule has 6 rings (SSSR count). The summed E-state index contributed by atoms with van der Waals surface area (Å²) in [5, 5.41) is 94.4. The molecule has 0 spiro atoms. The first-order valence-corrected chi connectivity index (χ1v) is 17.1. The number of hydrogen-bond acceptors (Lipinski definition) is 20. The average Bonchev–Trinajstić information content (AvgIpc) is 3.15. The van der Waals surface area contributed by atoms with E-state index in [9.17, 15) is 55.5 Å². The van der Waals surface area contributed by atoms with Gasteiger partial charge in [-0.1, -0.05) is 0 Å². The number of esters is 1. The fourth-order valence-corrected chi connectivity index (χ4v) is 6.38. The lowest BCUT2D eigenvalue weighted by atomic mass is 9.97. The number of phenols is 1. The van der Waals surface area contributed by atoms with Crippen molar-refractivity contribution in [1.29, 1.82) is 0 Å². The minimum absolute atomic E-state index is 0.123. The predicted molar refractivity (Wildman–Crippen MR) is 179 cm³/mol. The molecule has 0 radical (unpaired) electrons. The molecule has 2 aromatic carbocycles. The van der Waals surface area contributed by atoms with E-state index in [1.54, 1.807) is 24.3 Å². The first kappa shape index (κ1) is 40.7. The Balaban J connectivity index is 1.32. The molecular formula is C35H42O20. The van der Waals surface area contributed by atoms with Crippen molar-refractivity contribution in [3.8, 4) is 28.6 Å². The van der Waals surface area contributed by atoms with E-state index in [2.05, 4.69) is 0 Å². The molecule has 9 N–H and O–H groups in total. The van der Waals surface area contributed by atoms with Gasteiger partial charge in [0.1, 0.15) is 88.9 Å². The van der Waals surface area contributed by atoms with Crippen LogP contribution in [0.1, 0.15) is 6.92 Å². The normalized spacial score (nSPS) is 35.3. The van der Waals surface area contributed by atoms with E-state index in [1.165, 1.54) is 19.2 Å². The van der Waals surface area contributed by atoms with Crippen molar-refractivity contribution < 1.29 is 93.1 Å². The Morgan fingerprint density at radius 3 is 2.15 bits per heavy atom. The highest BCUT2D eigenvalue weighted by atomic mass is 16.8. The molecule has 3 aliphatic rings. The van der Waals surface area contributed by atoms with Gasteiger partial charge in [0.15, 0.2) is 30.2 Å². The number of carbonyl (C=O) groups excluding carboxylic acids is 1. The molecule has 3 fully saturated rings. The fourth-order valence-electron chi connectivity index (χ4n) is 6.38. The van der Waals surface area contributed by atoms with Crippen LogP contribution in [0.3, 0.4) is 0 Å².